The van der Waals surface area contributed by atoms with Crippen LogP contribution >= 0.6 is 28.7 Å². The van der Waals surface area contributed by atoms with Crippen LogP contribution in [0.2, 0.25) is 0 Å². The first-order chi connectivity index (χ1) is 31.5. The van der Waals surface area contributed by atoms with Crippen molar-refractivity contribution in [2.24, 2.45) is 4.30 Å². The fraction of sp³-hybridized carbons (Fsp3) is 0.250. The molecule has 345 valence electrons. The standard InChI is InChI=1S/C24H24BrF2N3O2.C24H25F2N3O2.BHNS/c1-15(12-25)22-16(2)29(13-18-19(26)10-7-11-20(18)27)24(32)30(23(22)31)14-21(28-3)17-8-5-4-6-9-17;1-15(2)22-16(3)28(13-18-19(25)11-8-12-20(18)26)24(31)29(23(22)30)14-21(27-4)17-9-6-5-7-10-17;1-2-3/h4-11,21,28H,1,12-14H2,2-3H3;5-12,21,27H,1,13-14H2,2-4H3;3H/t2*21-;/m00./s1. The minimum atomic E-state index is -0.757. The summed E-state index contributed by atoms with van der Waals surface area (Å²) < 4.78 is 64.6. The number of aromatic nitrogens is 4. The number of alkyl halides is 1. The number of thiol groups is 1. The summed E-state index contributed by atoms with van der Waals surface area (Å²) in [6.45, 7) is 12.1. The van der Waals surface area contributed by atoms with Crippen LogP contribution in [-0.2, 0) is 26.2 Å². The van der Waals surface area contributed by atoms with E-state index in [9.17, 15) is 36.7 Å². The summed E-state index contributed by atoms with van der Waals surface area (Å²) in [6, 6.07) is 25.3. The zero-order valence-corrected chi connectivity index (χ0v) is 39.6. The number of allylic oxidation sites excluding steroid dienone is 2. The molecule has 0 aliphatic rings. The zero-order chi connectivity index (χ0) is 48.8. The van der Waals surface area contributed by atoms with Gasteiger partial charge in [0.1, 0.15) is 23.3 Å². The maximum atomic E-state index is 14.3. The number of nitrogens with one attached hydrogen (secondary N) is 2. The summed E-state index contributed by atoms with van der Waals surface area (Å²) in [7, 11) is 7.81. The monoisotopic (exact) mass is 986 g/mol. The molecule has 0 fully saturated rings. The van der Waals surface area contributed by atoms with Crippen LogP contribution in [0.1, 0.15) is 63.8 Å². The Labute approximate surface area is 395 Å². The molecule has 2 N–H and O–H groups in total. The first-order valence-corrected chi connectivity index (χ1v) is 21.9. The van der Waals surface area contributed by atoms with Gasteiger partial charge in [0.05, 0.1) is 49.4 Å². The van der Waals surface area contributed by atoms with E-state index in [2.05, 4.69) is 64.5 Å². The van der Waals surface area contributed by atoms with E-state index in [-0.39, 0.29) is 60.5 Å². The van der Waals surface area contributed by atoms with Gasteiger partial charge in [0.2, 0.25) is 0 Å². The Morgan fingerprint density at radius 1 is 0.636 bits per heavy atom. The number of halogens is 5. The number of rotatable bonds is 15. The van der Waals surface area contributed by atoms with Crippen molar-refractivity contribution < 1.29 is 17.6 Å². The van der Waals surface area contributed by atoms with Crippen molar-refractivity contribution in [1.29, 1.82) is 0 Å². The number of hydrogen-bond acceptors (Lipinski definition) is 8. The Balaban J connectivity index is 0.000000272. The van der Waals surface area contributed by atoms with Crippen LogP contribution in [0, 0.1) is 37.1 Å². The van der Waals surface area contributed by atoms with Crippen molar-refractivity contribution in [3.05, 3.63) is 220 Å². The summed E-state index contributed by atoms with van der Waals surface area (Å²) in [5, 5.41) is 6.56. The van der Waals surface area contributed by atoms with Gasteiger partial charge in [0, 0.05) is 27.8 Å². The predicted octanol–water partition coefficient (Wildman–Crippen LogP) is 7.84. The van der Waals surface area contributed by atoms with Gasteiger partial charge in [-0.2, -0.15) is 0 Å². The Morgan fingerprint density at radius 2 is 0.970 bits per heavy atom. The Morgan fingerprint density at radius 3 is 1.29 bits per heavy atom. The van der Waals surface area contributed by atoms with Gasteiger partial charge in [-0.25, -0.2) is 27.2 Å². The Kier molecular flexibility index (Phi) is 19.6. The summed E-state index contributed by atoms with van der Waals surface area (Å²) in [5.41, 5.74) is 1.18. The second-order valence-electron chi connectivity index (χ2n) is 15.0. The average molecular weight is 988 g/mol. The fourth-order valence-corrected chi connectivity index (χ4v) is 7.69. The van der Waals surface area contributed by atoms with Gasteiger partial charge < -0.3 is 10.6 Å². The van der Waals surface area contributed by atoms with Crippen molar-refractivity contribution in [3.8, 4) is 0 Å². The number of benzene rings is 4. The number of nitrogens with zero attached hydrogens (tertiary/aromatic N) is 5. The van der Waals surface area contributed by atoms with E-state index < -0.39 is 45.8 Å². The third-order valence-electron chi connectivity index (χ3n) is 10.9. The van der Waals surface area contributed by atoms with Crippen molar-refractivity contribution in [1.82, 2.24) is 28.9 Å². The van der Waals surface area contributed by atoms with Crippen molar-refractivity contribution in [3.63, 3.8) is 0 Å². The third kappa shape index (κ3) is 12.3. The second-order valence-corrected chi connectivity index (χ2v) is 15.8. The van der Waals surface area contributed by atoms with Gasteiger partial charge in [-0.15, -0.1) is 0 Å². The van der Waals surface area contributed by atoms with Gasteiger partial charge in [0.15, 0.2) is 0 Å². The predicted molar refractivity (Wildman–Crippen MR) is 262 cm³/mol. The molecule has 6 aromatic rings. The molecular formula is C48H50BBrF4N7O4S. The van der Waals surface area contributed by atoms with Crippen molar-refractivity contribution in [2.45, 2.75) is 59.0 Å². The number of likely N-dealkylation sites (N-methyl/N-ethyl adjacent to an activating group) is 2. The summed E-state index contributed by atoms with van der Waals surface area (Å²) in [4.78, 5) is 53.2. The summed E-state index contributed by atoms with van der Waals surface area (Å²) in [5.74, 6) is -3.02. The summed E-state index contributed by atoms with van der Waals surface area (Å²) in [6.07, 6.45) is 0. The molecule has 2 heterocycles. The van der Waals surface area contributed by atoms with E-state index >= 15 is 0 Å². The van der Waals surface area contributed by atoms with E-state index in [0.717, 1.165) is 44.5 Å². The molecule has 0 spiro atoms. The van der Waals surface area contributed by atoms with E-state index in [1.54, 1.807) is 34.9 Å². The van der Waals surface area contributed by atoms with Gasteiger partial charge in [-0.3, -0.25) is 27.9 Å². The van der Waals surface area contributed by atoms with Crippen LogP contribution in [0.15, 0.2) is 134 Å². The second kappa shape index (κ2) is 24.5. The number of hydrogen-bond donors (Lipinski definition) is 3. The average Bonchev–Trinajstić information content (AvgIpc) is 3.29. The van der Waals surface area contributed by atoms with Crippen LogP contribution in [0.3, 0.4) is 0 Å². The third-order valence-corrected chi connectivity index (χ3v) is 11.6. The Hall–Kier alpha value is -5.95. The zero-order valence-electron chi connectivity index (χ0n) is 37.1. The first kappa shape index (κ1) is 52.7. The van der Waals surface area contributed by atoms with Crippen molar-refractivity contribution >= 4 is 47.5 Å². The van der Waals surface area contributed by atoms with Crippen LogP contribution in [0.5, 0.6) is 0 Å². The van der Waals surface area contributed by atoms with Gasteiger partial charge >= 0.3 is 36.1 Å². The Bertz CT molecular complexity index is 2900. The van der Waals surface area contributed by atoms with Crippen LogP contribution in [0.4, 0.5) is 17.6 Å². The van der Waals surface area contributed by atoms with Crippen molar-refractivity contribution in [2.75, 3.05) is 19.4 Å². The molecule has 0 aliphatic carbocycles. The van der Waals surface area contributed by atoms with Gasteiger partial charge in [-0.05, 0) is 81.4 Å². The SMILES string of the molecule is C=C(C)c1c(C)n(Cc2c(F)cccc2F)c(=O)n(C[C@H](NC)c2ccccc2)c1=O.C=C(CBr)c1c(C)n(Cc2c(F)cccc2F)c(=O)n(C[C@H](NC)c2ccccc2)c1=O.[B]=NS. The quantitative estimate of drug-likeness (QED) is 0.0418. The van der Waals surface area contributed by atoms with E-state index in [4.69, 9.17) is 0 Å². The van der Waals surface area contributed by atoms with Crippen LogP contribution < -0.4 is 33.1 Å². The minimum absolute atomic E-state index is 0.0424. The van der Waals surface area contributed by atoms with E-state index in [0.29, 0.717) is 27.9 Å². The molecule has 1 radical (unpaired) electrons. The topological polar surface area (TPSA) is 124 Å². The molecule has 0 aliphatic heterocycles. The molecule has 66 heavy (non-hydrogen) atoms. The molecule has 0 amide bonds. The molecule has 6 rings (SSSR count). The molecule has 18 heteroatoms. The molecule has 0 saturated carbocycles. The van der Waals surface area contributed by atoms with E-state index in [1.807, 2.05) is 60.7 Å². The van der Waals surface area contributed by atoms with Crippen LogP contribution in [-0.4, -0.2) is 45.3 Å². The molecular weight excluding hydrogens is 937 g/mol. The summed E-state index contributed by atoms with van der Waals surface area (Å²) >= 11 is 6.50. The van der Waals surface area contributed by atoms with Crippen LogP contribution in [0.25, 0.3) is 11.1 Å². The molecule has 4 aromatic carbocycles. The molecule has 2 aromatic heterocycles. The molecule has 2 atom stereocenters. The van der Waals surface area contributed by atoms with E-state index in [1.165, 1.54) is 21.3 Å². The van der Waals surface area contributed by atoms with Gasteiger partial charge in [0.25, 0.3) is 11.1 Å². The normalized spacial score (nSPS) is 11.7. The first-order valence-electron chi connectivity index (χ1n) is 20.4. The van der Waals surface area contributed by atoms with Gasteiger partial charge in [-0.1, -0.05) is 102 Å². The molecule has 0 bridgehead atoms. The molecule has 11 nitrogen and oxygen atoms in total. The molecule has 0 saturated heterocycles. The maximum absolute atomic E-state index is 14.3. The fourth-order valence-electron chi connectivity index (χ4n) is 7.41. The molecule has 0 unspecified atom stereocenters.